The predicted octanol–water partition coefficient (Wildman–Crippen LogP) is 1.95. The van der Waals surface area contributed by atoms with Gasteiger partial charge in [0, 0.05) is 17.9 Å². The summed E-state index contributed by atoms with van der Waals surface area (Å²) in [7, 11) is 0. The molecule has 0 aromatic heterocycles. The van der Waals surface area contributed by atoms with Crippen LogP contribution in [0.1, 0.15) is 38.5 Å². The summed E-state index contributed by atoms with van der Waals surface area (Å²) in [4.78, 5) is 26.9. The molecule has 0 bridgehead atoms. The highest BCUT2D eigenvalue weighted by molar-refractivity contribution is 5.96. The van der Waals surface area contributed by atoms with Crippen molar-refractivity contribution in [3.63, 3.8) is 0 Å². The first-order valence-electron chi connectivity index (χ1n) is 9.92. The second-order valence-corrected chi connectivity index (χ2v) is 7.37. The molecule has 4 N–H and O–H groups in total. The van der Waals surface area contributed by atoms with E-state index < -0.39 is 6.10 Å². The van der Waals surface area contributed by atoms with E-state index in [1.807, 2.05) is 12.1 Å². The summed E-state index contributed by atoms with van der Waals surface area (Å²) >= 11 is 0. The van der Waals surface area contributed by atoms with E-state index in [-0.39, 0.29) is 17.9 Å². The van der Waals surface area contributed by atoms with Crippen LogP contribution in [-0.2, 0) is 14.3 Å². The third-order valence-corrected chi connectivity index (χ3v) is 5.14. The zero-order chi connectivity index (χ0) is 19.1. The first-order chi connectivity index (χ1) is 13.1. The fraction of sp³-hybridized carbons (Fsp3) is 0.600. The van der Waals surface area contributed by atoms with Crippen molar-refractivity contribution in [1.29, 1.82) is 0 Å². The lowest BCUT2D eigenvalue weighted by molar-refractivity contribution is -0.126. The average molecular weight is 374 g/mol. The molecule has 7 nitrogen and oxygen atoms in total. The minimum Gasteiger partial charge on any atom is -0.364 e. The summed E-state index contributed by atoms with van der Waals surface area (Å²) in [5, 5.41) is 5.79. The van der Waals surface area contributed by atoms with Gasteiger partial charge < -0.3 is 21.1 Å². The van der Waals surface area contributed by atoms with Crippen LogP contribution in [0.25, 0.3) is 0 Å². The zero-order valence-corrected chi connectivity index (χ0v) is 15.8. The molecule has 3 rings (SSSR count). The number of carbonyl (C=O) groups excluding carboxylic acids is 2. The van der Waals surface area contributed by atoms with Gasteiger partial charge in [-0.1, -0.05) is 18.9 Å². The van der Waals surface area contributed by atoms with Crippen molar-refractivity contribution >= 4 is 23.2 Å². The van der Waals surface area contributed by atoms with E-state index in [0.717, 1.165) is 32.4 Å². The van der Waals surface area contributed by atoms with E-state index in [9.17, 15) is 9.59 Å². The Morgan fingerprint density at radius 2 is 1.78 bits per heavy atom. The molecule has 2 fully saturated rings. The summed E-state index contributed by atoms with van der Waals surface area (Å²) < 4.78 is 5.62. The van der Waals surface area contributed by atoms with E-state index >= 15 is 0 Å². The Balaban J connectivity index is 1.50. The van der Waals surface area contributed by atoms with Crippen LogP contribution in [-0.4, -0.2) is 55.1 Å². The predicted molar refractivity (Wildman–Crippen MR) is 106 cm³/mol. The monoisotopic (exact) mass is 374 g/mol. The Morgan fingerprint density at radius 3 is 2.44 bits per heavy atom. The quantitative estimate of drug-likeness (QED) is 0.707. The van der Waals surface area contributed by atoms with Crippen LogP contribution in [0.15, 0.2) is 24.3 Å². The lowest BCUT2D eigenvalue weighted by atomic mass is 10.2. The molecule has 2 saturated heterocycles. The van der Waals surface area contributed by atoms with E-state index in [1.54, 1.807) is 12.1 Å². The van der Waals surface area contributed by atoms with Gasteiger partial charge in [-0.2, -0.15) is 0 Å². The number of likely N-dealkylation sites (tertiary alicyclic amines) is 1. The van der Waals surface area contributed by atoms with Crippen LogP contribution in [0.4, 0.5) is 11.4 Å². The zero-order valence-electron chi connectivity index (χ0n) is 15.8. The summed E-state index contributed by atoms with van der Waals surface area (Å²) in [6.45, 7) is 2.80. The summed E-state index contributed by atoms with van der Waals surface area (Å²) in [5.74, 6) is -0.190. The maximum absolute atomic E-state index is 12.3. The fourth-order valence-electron chi connectivity index (χ4n) is 3.67. The number of carbonyl (C=O) groups is 2. The van der Waals surface area contributed by atoms with Gasteiger partial charge in [-0.05, 0) is 57.0 Å². The van der Waals surface area contributed by atoms with E-state index in [1.165, 1.54) is 12.8 Å². The Kier molecular flexibility index (Phi) is 7.20. The summed E-state index contributed by atoms with van der Waals surface area (Å²) in [6, 6.07) is 7.22. The highest BCUT2D eigenvalue weighted by atomic mass is 16.5. The molecule has 7 heteroatoms. The summed E-state index contributed by atoms with van der Waals surface area (Å²) in [6.07, 6.45) is 5.80. The number of nitrogens with two attached hydrogens (primary N) is 1. The number of hydrogen-bond acceptors (Lipinski definition) is 5. The molecule has 1 aromatic rings. The van der Waals surface area contributed by atoms with E-state index in [2.05, 4.69) is 15.5 Å². The SMILES string of the molecule is NC[C@H]1CC[C@@H](C(=O)Nc2cccc(NC(=O)CN3CCCCCC3)c2)O1. The highest BCUT2D eigenvalue weighted by Gasteiger charge is 2.29. The third kappa shape index (κ3) is 6.02. The third-order valence-electron chi connectivity index (χ3n) is 5.14. The molecule has 27 heavy (non-hydrogen) atoms. The van der Waals surface area contributed by atoms with Crippen molar-refractivity contribution in [3.05, 3.63) is 24.3 Å². The van der Waals surface area contributed by atoms with Crippen LogP contribution in [0.2, 0.25) is 0 Å². The van der Waals surface area contributed by atoms with Gasteiger partial charge in [-0.3, -0.25) is 14.5 Å². The molecule has 2 atom stereocenters. The lowest BCUT2D eigenvalue weighted by Gasteiger charge is -2.19. The number of ether oxygens (including phenoxy) is 1. The van der Waals surface area contributed by atoms with Crippen LogP contribution < -0.4 is 16.4 Å². The van der Waals surface area contributed by atoms with E-state index in [4.69, 9.17) is 10.5 Å². The van der Waals surface area contributed by atoms with Crippen molar-refractivity contribution in [2.45, 2.75) is 50.7 Å². The minimum absolute atomic E-state index is 0.0229. The molecule has 2 aliphatic heterocycles. The first kappa shape index (κ1) is 19.8. The minimum atomic E-state index is -0.458. The van der Waals surface area contributed by atoms with Crippen LogP contribution in [0, 0.1) is 0 Å². The molecular weight excluding hydrogens is 344 g/mol. The Labute approximate surface area is 160 Å². The molecule has 1 aromatic carbocycles. The molecular formula is C20H30N4O3. The number of anilines is 2. The molecule has 2 heterocycles. The van der Waals surface area contributed by atoms with Gasteiger partial charge in [0.1, 0.15) is 6.10 Å². The second kappa shape index (κ2) is 9.82. The van der Waals surface area contributed by atoms with Gasteiger partial charge >= 0.3 is 0 Å². The largest absolute Gasteiger partial charge is 0.364 e. The molecule has 0 radical (unpaired) electrons. The molecule has 2 aliphatic rings. The normalized spacial score (nSPS) is 23.6. The van der Waals surface area contributed by atoms with Gasteiger partial charge in [0.25, 0.3) is 5.91 Å². The second-order valence-electron chi connectivity index (χ2n) is 7.37. The van der Waals surface area contributed by atoms with Crippen molar-refractivity contribution in [2.24, 2.45) is 5.73 Å². The number of nitrogens with zero attached hydrogens (tertiary/aromatic N) is 1. The molecule has 2 amide bonds. The molecule has 0 unspecified atom stereocenters. The van der Waals surface area contributed by atoms with Crippen molar-refractivity contribution in [1.82, 2.24) is 4.90 Å². The maximum Gasteiger partial charge on any atom is 0.253 e. The van der Waals surface area contributed by atoms with Gasteiger partial charge in [0.15, 0.2) is 0 Å². The van der Waals surface area contributed by atoms with Crippen molar-refractivity contribution < 1.29 is 14.3 Å². The van der Waals surface area contributed by atoms with Crippen LogP contribution >= 0.6 is 0 Å². The number of hydrogen-bond donors (Lipinski definition) is 3. The molecule has 0 spiro atoms. The topological polar surface area (TPSA) is 96.7 Å². The summed E-state index contributed by atoms with van der Waals surface area (Å²) in [5.41, 5.74) is 6.92. The van der Waals surface area contributed by atoms with Crippen LogP contribution in [0.5, 0.6) is 0 Å². The standard InChI is InChI=1S/C20H30N4O3/c21-13-17-8-9-18(27-17)20(26)23-16-7-5-6-15(12-16)22-19(25)14-24-10-3-1-2-4-11-24/h5-7,12,17-18H,1-4,8-11,13-14,21H2,(H,22,25)(H,23,26)/t17-,18+/m1/s1. The van der Waals surface area contributed by atoms with Crippen molar-refractivity contribution in [2.75, 3.05) is 36.8 Å². The van der Waals surface area contributed by atoms with Crippen LogP contribution in [0.3, 0.4) is 0 Å². The number of nitrogens with one attached hydrogen (secondary N) is 2. The van der Waals surface area contributed by atoms with Gasteiger partial charge in [-0.25, -0.2) is 0 Å². The maximum atomic E-state index is 12.3. The molecule has 0 aliphatic carbocycles. The average Bonchev–Trinajstić information content (AvgIpc) is 3.00. The Hall–Kier alpha value is -1.96. The van der Waals surface area contributed by atoms with Crippen molar-refractivity contribution in [3.8, 4) is 0 Å². The molecule has 148 valence electrons. The number of benzene rings is 1. The number of rotatable bonds is 6. The van der Waals surface area contributed by atoms with Gasteiger partial charge in [0.2, 0.25) is 5.91 Å². The molecule has 0 saturated carbocycles. The Morgan fingerprint density at radius 1 is 1.07 bits per heavy atom. The van der Waals surface area contributed by atoms with Gasteiger partial charge in [0.05, 0.1) is 12.6 Å². The van der Waals surface area contributed by atoms with Gasteiger partial charge in [-0.15, -0.1) is 0 Å². The van der Waals surface area contributed by atoms with E-state index in [0.29, 0.717) is 30.9 Å². The lowest BCUT2D eigenvalue weighted by Crippen LogP contribution is -2.34. The highest BCUT2D eigenvalue weighted by Crippen LogP contribution is 2.21. The Bertz CT molecular complexity index is 644. The smallest absolute Gasteiger partial charge is 0.253 e. The number of amides is 2. The first-order valence-corrected chi connectivity index (χ1v) is 9.92. The fourth-order valence-corrected chi connectivity index (χ4v) is 3.67.